The molecule has 0 spiro atoms. The Kier molecular flexibility index (Phi) is 8.27. The number of hydrogen-bond donors (Lipinski definition) is 1. The first-order chi connectivity index (χ1) is 6.12. The Hall–Kier alpha value is -0.210. The van der Waals surface area contributed by atoms with Gasteiger partial charge in [0.05, 0.1) is 34.3 Å². The predicted octanol–water partition coefficient (Wildman–Crippen LogP) is -0.866. The highest BCUT2D eigenvalue weighted by Crippen LogP contribution is 1.83. The first kappa shape index (κ1) is 16.2. The van der Waals surface area contributed by atoms with Gasteiger partial charge in [-0.3, -0.25) is 4.18 Å². The monoisotopic (exact) mass is 228 g/mol. The lowest BCUT2D eigenvalue weighted by Gasteiger charge is -2.22. The van der Waals surface area contributed by atoms with Crippen molar-refractivity contribution >= 4 is 10.4 Å². The number of quaternary nitrogens is 1. The summed E-state index contributed by atoms with van der Waals surface area (Å²) in [6.45, 7) is 3.17. The second-order valence-electron chi connectivity index (χ2n) is 3.62. The minimum atomic E-state index is -4.42. The molecule has 0 aromatic rings. The van der Waals surface area contributed by atoms with E-state index >= 15 is 0 Å². The average Bonchev–Trinajstić information content (AvgIpc) is 1.81. The van der Waals surface area contributed by atoms with E-state index in [1.54, 1.807) is 0 Å². The zero-order valence-corrected chi connectivity index (χ0v) is 10.0. The van der Waals surface area contributed by atoms with Gasteiger partial charge in [0.2, 0.25) is 10.4 Å². The van der Waals surface area contributed by atoms with Crippen molar-refractivity contribution in [2.45, 2.75) is 6.92 Å². The molecule has 88 valence electrons. The highest BCUT2D eigenvalue weighted by atomic mass is 32.3. The summed E-state index contributed by atoms with van der Waals surface area (Å²) in [5.74, 6) is 0. The van der Waals surface area contributed by atoms with Crippen molar-refractivity contribution in [1.82, 2.24) is 0 Å². The van der Waals surface area contributed by atoms with E-state index in [2.05, 4.69) is 25.3 Å². The van der Waals surface area contributed by atoms with Crippen LogP contribution >= 0.6 is 0 Å². The number of nitrogens with zero attached hydrogens (tertiary/aromatic N) is 1. The molecule has 0 saturated heterocycles. The number of nitrogens with two attached hydrogens (primary N) is 1. The summed E-state index contributed by atoms with van der Waals surface area (Å²) in [6, 6.07) is 0. The van der Waals surface area contributed by atoms with Gasteiger partial charge >= 0.3 is 0 Å². The predicted molar refractivity (Wildman–Crippen MR) is 53.3 cm³/mol. The van der Waals surface area contributed by atoms with Crippen LogP contribution in [0.15, 0.2) is 0 Å². The zero-order valence-electron chi connectivity index (χ0n) is 9.19. The largest absolute Gasteiger partial charge is 0.726 e. The molecule has 0 aromatic heterocycles. The molecule has 7 heteroatoms. The van der Waals surface area contributed by atoms with Crippen LogP contribution < -0.4 is 5.73 Å². The molecular weight excluding hydrogens is 208 g/mol. The molecule has 0 heterocycles. The van der Waals surface area contributed by atoms with Gasteiger partial charge in [-0.25, -0.2) is 8.42 Å². The van der Waals surface area contributed by atoms with Gasteiger partial charge in [-0.2, -0.15) is 0 Å². The van der Waals surface area contributed by atoms with Crippen molar-refractivity contribution in [3.8, 4) is 0 Å². The van der Waals surface area contributed by atoms with Crippen molar-refractivity contribution < 1.29 is 21.6 Å². The van der Waals surface area contributed by atoms with Gasteiger partial charge in [0.1, 0.15) is 0 Å². The lowest BCUT2D eigenvalue weighted by atomic mass is 10.5. The highest BCUT2D eigenvalue weighted by molar-refractivity contribution is 7.80. The number of rotatable bonds is 4. The average molecular weight is 228 g/mol. The molecule has 0 aliphatic rings. The van der Waals surface area contributed by atoms with Crippen molar-refractivity contribution in [3.05, 3.63) is 0 Å². The van der Waals surface area contributed by atoms with Crippen LogP contribution in [-0.2, 0) is 14.6 Å². The van der Waals surface area contributed by atoms with Gasteiger partial charge in [0.15, 0.2) is 0 Å². The van der Waals surface area contributed by atoms with E-state index in [1.807, 2.05) is 0 Å². The molecule has 0 aliphatic carbocycles. The van der Waals surface area contributed by atoms with Crippen LogP contribution in [0.25, 0.3) is 0 Å². The molecule has 0 aromatic carbocycles. The summed E-state index contributed by atoms with van der Waals surface area (Å²) in [6.07, 6.45) is 0. The molecular formula is C7H20N2O4S. The van der Waals surface area contributed by atoms with E-state index in [0.717, 1.165) is 17.6 Å². The SMILES string of the molecule is CCOS(=O)(=O)[O-].C[N+](C)(C)CCN. The normalized spacial score (nSPS) is 11.9. The Balaban J connectivity index is 0. The Bertz CT molecular complexity index is 220. The minimum absolute atomic E-state index is 0.0914. The van der Waals surface area contributed by atoms with Gasteiger partial charge in [-0.15, -0.1) is 0 Å². The third-order valence-corrected chi connectivity index (χ3v) is 1.59. The fourth-order valence-corrected chi connectivity index (χ4v) is 0.820. The molecule has 2 N–H and O–H groups in total. The fraction of sp³-hybridized carbons (Fsp3) is 1.00. The Morgan fingerprint density at radius 2 is 1.79 bits per heavy atom. The molecule has 0 atom stereocenters. The molecule has 0 saturated carbocycles. The first-order valence-electron chi connectivity index (χ1n) is 4.23. The van der Waals surface area contributed by atoms with Crippen molar-refractivity contribution in [1.29, 1.82) is 0 Å². The van der Waals surface area contributed by atoms with E-state index in [0.29, 0.717) is 0 Å². The zero-order chi connectivity index (χ0) is 11.8. The maximum Gasteiger partial charge on any atom is 0.217 e. The Morgan fingerprint density at radius 3 is 1.79 bits per heavy atom. The van der Waals surface area contributed by atoms with Gasteiger partial charge < -0.3 is 14.8 Å². The second kappa shape index (κ2) is 7.13. The molecule has 0 radical (unpaired) electrons. The fourth-order valence-electron chi connectivity index (χ4n) is 0.532. The summed E-state index contributed by atoms with van der Waals surface area (Å²) in [4.78, 5) is 0. The first-order valence-corrected chi connectivity index (χ1v) is 5.56. The standard InChI is InChI=1S/C5H15N2.C2H6O4S/c1-7(2,3)5-4-6;1-2-6-7(3,4)5/h4-6H2,1-3H3;2H2,1H3,(H,3,4,5)/q+1;/p-1. The third-order valence-electron chi connectivity index (χ3n) is 1.06. The van der Waals surface area contributed by atoms with Crippen molar-refractivity contribution in [2.75, 3.05) is 40.8 Å². The molecule has 0 bridgehead atoms. The summed E-state index contributed by atoms with van der Waals surface area (Å²) < 4.78 is 33.0. The van der Waals surface area contributed by atoms with Gasteiger partial charge in [-0.1, -0.05) is 0 Å². The topological polar surface area (TPSA) is 92.5 Å². The van der Waals surface area contributed by atoms with E-state index in [4.69, 9.17) is 5.73 Å². The lowest BCUT2D eigenvalue weighted by molar-refractivity contribution is -0.868. The van der Waals surface area contributed by atoms with Crippen molar-refractivity contribution in [3.63, 3.8) is 0 Å². The maximum absolute atomic E-state index is 9.45. The van der Waals surface area contributed by atoms with Crippen LogP contribution in [0, 0.1) is 0 Å². The van der Waals surface area contributed by atoms with Crippen LogP contribution in [0.1, 0.15) is 6.92 Å². The van der Waals surface area contributed by atoms with Gasteiger partial charge in [0, 0.05) is 6.54 Å². The molecule has 14 heavy (non-hydrogen) atoms. The molecule has 0 aliphatic heterocycles. The number of hydrogen-bond acceptors (Lipinski definition) is 5. The summed E-state index contributed by atoms with van der Waals surface area (Å²) in [7, 11) is 1.97. The third kappa shape index (κ3) is 22.6. The maximum atomic E-state index is 9.45. The summed E-state index contributed by atoms with van der Waals surface area (Å²) >= 11 is 0. The van der Waals surface area contributed by atoms with E-state index < -0.39 is 10.4 Å². The van der Waals surface area contributed by atoms with Crippen LogP contribution in [0.4, 0.5) is 0 Å². The van der Waals surface area contributed by atoms with Gasteiger partial charge in [-0.05, 0) is 6.92 Å². The molecule has 0 fully saturated rings. The van der Waals surface area contributed by atoms with E-state index in [-0.39, 0.29) is 6.61 Å². The molecule has 6 nitrogen and oxygen atoms in total. The lowest BCUT2D eigenvalue weighted by Crippen LogP contribution is -2.38. The Morgan fingerprint density at radius 1 is 1.36 bits per heavy atom. The Labute approximate surface area is 86.2 Å². The summed E-state index contributed by atoms with van der Waals surface area (Å²) in [5.41, 5.74) is 5.30. The van der Waals surface area contributed by atoms with Crippen LogP contribution in [0.3, 0.4) is 0 Å². The van der Waals surface area contributed by atoms with Crippen LogP contribution in [0.5, 0.6) is 0 Å². The minimum Gasteiger partial charge on any atom is -0.726 e. The molecule has 0 unspecified atom stereocenters. The highest BCUT2D eigenvalue weighted by Gasteiger charge is 2.01. The summed E-state index contributed by atoms with van der Waals surface area (Å²) in [5, 5.41) is 0. The quantitative estimate of drug-likeness (QED) is 0.384. The smallest absolute Gasteiger partial charge is 0.217 e. The molecule has 0 rings (SSSR count). The van der Waals surface area contributed by atoms with E-state index in [1.165, 1.54) is 6.92 Å². The van der Waals surface area contributed by atoms with Crippen LogP contribution in [0.2, 0.25) is 0 Å². The van der Waals surface area contributed by atoms with E-state index in [9.17, 15) is 13.0 Å². The molecule has 0 amide bonds. The number of likely N-dealkylation sites (N-methyl/N-ethyl adjacent to an activating group) is 1. The van der Waals surface area contributed by atoms with Crippen molar-refractivity contribution in [2.24, 2.45) is 5.73 Å². The second-order valence-corrected chi connectivity index (χ2v) is 4.67. The van der Waals surface area contributed by atoms with Gasteiger partial charge in [0.25, 0.3) is 0 Å². The van der Waals surface area contributed by atoms with Crippen LogP contribution in [-0.4, -0.2) is 58.3 Å².